The molecule has 2 aromatic carbocycles. The summed E-state index contributed by atoms with van der Waals surface area (Å²) in [5.74, 6) is 0.501. The molecule has 0 fully saturated rings. The first kappa shape index (κ1) is 21.3. The maximum absolute atomic E-state index is 12.3. The minimum Gasteiger partial charge on any atom is -0.483 e. The van der Waals surface area contributed by atoms with Crippen molar-refractivity contribution in [2.24, 2.45) is 0 Å². The number of thiazole rings is 1. The number of benzene rings is 2. The van der Waals surface area contributed by atoms with Crippen LogP contribution < -0.4 is 10.1 Å². The highest BCUT2D eigenvalue weighted by atomic mass is 35.5. The number of amides is 1. The summed E-state index contributed by atoms with van der Waals surface area (Å²) in [5, 5.41) is 4.10. The molecule has 29 heavy (non-hydrogen) atoms. The Morgan fingerprint density at radius 1 is 1.21 bits per heavy atom. The highest BCUT2D eigenvalue weighted by molar-refractivity contribution is 7.15. The number of carbonyl (C=O) groups is 1. The fourth-order valence-electron chi connectivity index (χ4n) is 2.93. The molecular weight excluding hydrogens is 404 g/mol. The second-order valence-electron chi connectivity index (χ2n) is 7.99. The first-order valence-electron chi connectivity index (χ1n) is 9.44. The van der Waals surface area contributed by atoms with E-state index in [0.29, 0.717) is 11.6 Å². The number of aryl methyl sites for hydroxylation is 1. The molecule has 0 saturated heterocycles. The van der Waals surface area contributed by atoms with Gasteiger partial charge < -0.3 is 4.74 Å². The summed E-state index contributed by atoms with van der Waals surface area (Å²) in [4.78, 5) is 17.7. The van der Waals surface area contributed by atoms with Gasteiger partial charge in [0.15, 0.2) is 11.7 Å². The Morgan fingerprint density at radius 3 is 2.69 bits per heavy atom. The van der Waals surface area contributed by atoms with Crippen LogP contribution in [0.3, 0.4) is 0 Å². The number of aromatic nitrogens is 1. The van der Waals surface area contributed by atoms with Gasteiger partial charge in [0.1, 0.15) is 5.75 Å². The summed E-state index contributed by atoms with van der Waals surface area (Å²) < 4.78 is 5.82. The largest absolute Gasteiger partial charge is 0.483 e. The molecule has 0 saturated carbocycles. The van der Waals surface area contributed by atoms with Gasteiger partial charge in [-0.15, -0.1) is 11.3 Å². The summed E-state index contributed by atoms with van der Waals surface area (Å²) in [6.45, 7) is 8.38. The third kappa shape index (κ3) is 5.81. The fourth-order valence-corrected chi connectivity index (χ4v) is 3.99. The first-order valence-corrected chi connectivity index (χ1v) is 10.6. The van der Waals surface area contributed by atoms with E-state index in [2.05, 4.69) is 37.1 Å². The molecule has 0 radical (unpaired) electrons. The normalized spacial score (nSPS) is 11.3. The fraction of sp³-hybridized carbons (Fsp3) is 0.304. The summed E-state index contributed by atoms with van der Waals surface area (Å²) in [6, 6.07) is 13.7. The van der Waals surface area contributed by atoms with Gasteiger partial charge in [0.25, 0.3) is 5.91 Å². The zero-order chi connectivity index (χ0) is 21.0. The summed E-state index contributed by atoms with van der Waals surface area (Å²) in [5.41, 5.74) is 3.22. The molecule has 0 spiro atoms. The van der Waals surface area contributed by atoms with E-state index in [1.54, 1.807) is 6.20 Å². The standard InChI is InChI=1S/C23H25ClN2O2S/c1-15-9-10-20(18(11-15)23(2,3)4)28-14-21(27)26-22-25-13-17(29-22)12-16-7-5-6-8-19(16)24/h5-11,13H,12,14H2,1-4H3,(H,25,26,27). The molecule has 0 unspecified atom stereocenters. The lowest BCUT2D eigenvalue weighted by Crippen LogP contribution is -2.22. The number of halogens is 1. The molecule has 0 aliphatic heterocycles. The monoisotopic (exact) mass is 428 g/mol. The second-order valence-corrected chi connectivity index (χ2v) is 9.51. The topological polar surface area (TPSA) is 51.2 Å². The highest BCUT2D eigenvalue weighted by Gasteiger charge is 2.20. The Kier molecular flexibility index (Phi) is 6.60. The van der Waals surface area contributed by atoms with Crippen molar-refractivity contribution in [2.75, 3.05) is 11.9 Å². The van der Waals surface area contributed by atoms with E-state index in [9.17, 15) is 4.79 Å². The predicted molar refractivity (Wildman–Crippen MR) is 120 cm³/mol. The van der Waals surface area contributed by atoms with Crippen molar-refractivity contribution >= 4 is 34.0 Å². The second kappa shape index (κ2) is 8.97. The van der Waals surface area contributed by atoms with Crippen LogP contribution in [0.15, 0.2) is 48.7 Å². The number of anilines is 1. The van der Waals surface area contributed by atoms with Gasteiger partial charge in [-0.1, -0.05) is 68.3 Å². The van der Waals surface area contributed by atoms with Crippen molar-refractivity contribution in [1.29, 1.82) is 0 Å². The molecule has 0 aliphatic carbocycles. The van der Waals surface area contributed by atoms with Crippen LogP contribution in [0.25, 0.3) is 0 Å². The van der Waals surface area contributed by atoms with Crippen molar-refractivity contribution in [3.05, 3.63) is 75.3 Å². The molecule has 1 amide bonds. The van der Waals surface area contributed by atoms with Crippen LogP contribution in [0, 0.1) is 6.92 Å². The van der Waals surface area contributed by atoms with Crippen molar-refractivity contribution < 1.29 is 9.53 Å². The molecule has 152 valence electrons. The number of hydrogen-bond donors (Lipinski definition) is 1. The van der Waals surface area contributed by atoms with Gasteiger partial charge >= 0.3 is 0 Å². The molecule has 3 aromatic rings. The van der Waals surface area contributed by atoms with Gasteiger partial charge in [-0.3, -0.25) is 10.1 Å². The lowest BCUT2D eigenvalue weighted by Gasteiger charge is -2.23. The molecular formula is C23H25ClN2O2S. The Hall–Kier alpha value is -2.37. The lowest BCUT2D eigenvalue weighted by atomic mass is 9.85. The minimum absolute atomic E-state index is 0.0639. The summed E-state index contributed by atoms with van der Waals surface area (Å²) in [6.07, 6.45) is 2.45. The average molecular weight is 429 g/mol. The highest BCUT2D eigenvalue weighted by Crippen LogP contribution is 2.32. The lowest BCUT2D eigenvalue weighted by molar-refractivity contribution is -0.118. The van der Waals surface area contributed by atoms with Crippen molar-refractivity contribution in [2.45, 2.75) is 39.5 Å². The van der Waals surface area contributed by atoms with Gasteiger partial charge in [0.05, 0.1) is 0 Å². The van der Waals surface area contributed by atoms with Crippen LogP contribution >= 0.6 is 22.9 Å². The smallest absolute Gasteiger partial charge is 0.264 e. The zero-order valence-corrected chi connectivity index (χ0v) is 18.7. The van der Waals surface area contributed by atoms with Crippen LogP contribution in [-0.2, 0) is 16.6 Å². The molecule has 0 aliphatic rings. The Balaban J connectivity index is 1.60. The molecule has 1 N–H and O–H groups in total. The van der Waals surface area contributed by atoms with Crippen LogP contribution in [-0.4, -0.2) is 17.5 Å². The number of nitrogens with one attached hydrogen (secondary N) is 1. The van der Waals surface area contributed by atoms with Gasteiger partial charge in [-0.25, -0.2) is 4.98 Å². The molecule has 1 heterocycles. The average Bonchev–Trinajstić information content (AvgIpc) is 3.08. The SMILES string of the molecule is Cc1ccc(OCC(=O)Nc2ncc(Cc3ccccc3Cl)s2)c(C(C)(C)C)c1. The van der Waals surface area contributed by atoms with E-state index in [1.165, 1.54) is 16.9 Å². The van der Waals surface area contributed by atoms with Crippen molar-refractivity contribution in [3.8, 4) is 5.75 Å². The van der Waals surface area contributed by atoms with Gasteiger partial charge in [0, 0.05) is 22.5 Å². The van der Waals surface area contributed by atoms with Gasteiger partial charge in [-0.05, 0) is 35.6 Å². The van der Waals surface area contributed by atoms with Crippen LogP contribution in [0.4, 0.5) is 5.13 Å². The summed E-state index contributed by atoms with van der Waals surface area (Å²) in [7, 11) is 0. The molecule has 3 rings (SSSR count). The van der Waals surface area contributed by atoms with E-state index < -0.39 is 0 Å². The van der Waals surface area contributed by atoms with Gasteiger partial charge in [-0.2, -0.15) is 0 Å². The van der Waals surface area contributed by atoms with E-state index in [1.807, 2.05) is 43.3 Å². The first-order chi connectivity index (χ1) is 13.7. The number of ether oxygens (including phenoxy) is 1. The Bertz CT molecular complexity index is 1010. The van der Waals surface area contributed by atoms with Gasteiger partial charge in [0.2, 0.25) is 0 Å². The molecule has 4 nitrogen and oxygen atoms in total. The number of rotatable bonds is 6. The third-order valence-electron chi connectivity index (χ3n) is 4.42. The number of hydrogen-bond acceptors (Lipinski definition) is 4. The number of carbonyl (C=O) groups excluding carboxylic acids is 1. The number of nitrogens with zero attached hydrogens (tertiary/aromatic N) is 1. The summed E-state index contributed by atoms with van der Waals surface area (Å²) >= 11 is 7.66. The molecule has 6 heteroatoms. The minimum atomic E-state index is -0.232. The molecule has 0 bridgehead atoms. The maximum atomic E-state index is 12.3. The quantitative estimate of drug-likeness (QED) is 0.523. The molecule has 1 aromatic heterocycles. The van der Waals surface area contributed by atoms with Crippen LogP contribution in [0.5, 0.6) is 5.75 Å². The van der Waals surface area contributed by atoms with Crippen LogP contribution in [0.2, 0.25) is 5.02 Å². The van der Waals surface area contributed by atoms with E-state index >= 15 is 0 Å². The zero-order valence-electron chi connectivity index (χ0n) is 17.1. The van der Waals surface area contributed by atoms with Crippen molar-refractivity contribution in [3.63, 3.8) is 0 Å². The van der Waals surface area contributed by atoms with E-state index in [0.717, 1.165) is 26.8 Å². The Labute approximate surface area is 180 Å². The predicted octanol–water partition coefficient (Wildman–Crippen LogP) is 6.01. The maximum Gasteiger partial charge on any atom is 0.264 e. The molecule has 0 atom stereocenters. The van der Waals surface area contributed by atoms with E-state index in [4.69, 9.17) is 16.3 Å². The van der Waals surface area contributed by atoms with Crippen molar-refractivity contribution in [1.82, 2.24) is 4.98 Å². The Morgan fingerprint density at radius 2 is 1.97 bits per heavy atom. The van der Waals surface area contributed by atoms with Crippen LogP contribution in [0.1, 0.15) is 42.3 Å². The van der Waals surface area contributed by atoms with E-state index in [-0.39, 0.29) is 17.9 Å². The third-order valence-corrected chi connectivity index (χ3v) is 5.71.